The number of aryl methyl sites for hydroxylation is 1. The number of imide groups is 1. The van der Waals surface area contributed by atoms with Gasteiger partial charge in [-0.3, -0.25) is 14.9 Å². The number of benzene rings is 3. The van der Waals surface area contributed by atoms with E-state index in [0.717, 1.165) is 39.5 Å². The fraction of sp³-hybridized carbons (Fsp3) is 0.161. The Morgan fingerprint density at radius 2 is 1.32 bits per heavy atom. The average Bonchev–Trinajstić information content (AvgIpc) is 3.49. The zero-order valence-corrected chi connectivity index (χ0v) is 21.2. The first-order valence-electron chi connectivity index (χ1n) is 12.4. The molecule has 6 rings (SSSR count). The summed E-state index contributed by atoms with van der Waals surface area (Å²) < 4.78 is 4.17. The highest BCUT2D eigenvalue weighted by molar-refractivity contribution is 6.50. The molecule has 2 aromatic heterocycles. The SMILES string of the molecule is CN(C)Cc1cccc(Cn2cc(C3=C(c4cn(C)c5ccccc45)C(=O)NC3=O)c3ccccc32)c1. The molecule has 37 heavy (non-hydrogen) atoms. The van der Waals surface area contributed by atoms with Crippen LogP contribution in [0.1, 0.15) is 22.3 Å². The Morgan fingerprint density at radius 1 is 0.730 bits per heavy atom. The van der Waals surface area contributed by atoms with Gasteiger partial charge in [0.15, 0.2) is 0 Å². The summed E-state index contributed by atoms with van der Waals surface area (Å²) in [6, 6.07) is 24.6. The number of hydrogen-bond donors (Lipinski definition) is 1. The third kappa shape index (κ3) is 3.96. The van der Waals surface area contributed by atoms with Crippen LogP contribution in [0.2, 0.25) is 0 Å². The van der Waals surface area contributed by atoms with Gasteiger partial charge in [-0.05, 0) is 37.4 Å². The van der Waals surface area contributed by atoms with E-state index in [-0.39, 0.29) is 11.8 Å². The number of aromatic nitrogens is 2. The number of carbonyl (C=O) groups is 2. The standard InChI is InChI=1S/C31H28N4O2/c1-33(2)16-20-9-8-10-21(15-20)17-35-19-25(23-12-5-7-14-27(23)35)29-28(30(36)32-31(29)37)24-18-34(3)26-13-6-4-11-22(24)26/h4-15,18-19H,16-17H2,1-3H3,(H,32,36,37). The predicted octanol–water partition coefficient (Wildman–Crippen LogP) is 4.81. The fourth-order valence-electron chi connectivity index (χ4n) is 5.48. The Bertz CT molecular complexity index is 1730. The van der Waals surface area contributed by atoms with Gasteiger partial charge in [-0.15, -0.1) is 0 Å². The number of fused-ring (bicyclic) bond motifs is 2. The molecule has 3 aromatic carbocycles. The molecule has 6 heteroatoms. The first-order valence-corrected chi connectivity index (χ1v) is 12.4. The van der Waals surface area contributed by atoms with Gasteiger partial charge in [0.2, 0.25) is 0 Å². The van der Waals surface area contributed by atoms with Crippen molar-refractivity contribution in [3.05, 3.63) is 107 Å². The van der Waals surface area contributed by atoms with E-state index in [2.05, 4.69) is 59.2 Å². The van der Waals surface area contributed by atoms with E-state index in [1.807, 2.05) is 66.5 Å². The van der Waals surface area contributed by atoms with Crippen molar-refractivity contribution in [3.8, 4) is 0 Å². The predicted molar refractivity (Wildman–Crippen MR) is 148 cm³/mol. The lowest BCUT2D eigenvalue weighted by molar-refractivity contribution is -0.122. The molecule has 0 saturated carbocycles. The lowest BCUT2D eigenvalue weighted by Gasteiger charge is -2.11. The van der Waals surface area contributed by atoms with Crippen LogP contribution in [0.25, 0.3) is 33.0 Å². The molecule has 1 aliphatic heterocycles. The lowest BCUT2D eigenvalue weighted by atomic mass is 9.95. The Labute approximate surface area is 215 Å². The molecule has 6 nitrogen and oxygen atoms in total. The van der Waals surface area contributed by atoms with E-state index >= 15 is 0 Å². The summed E-state index contributed by atoms with van der Waals surface area (Å²) >= 11 is 0. The van der Waals surface area contributed by atoms with Gasteiger partial charge in [-0.2, -0.15) is 0 Å². The van der Waals surface area contributed by atoms with Crippen molar-refractivity contribution in [2.75, 3.05) is 14.1 Å². The summed E-state index contributed by atoms with van der Waals surface area (Å²) in [5, 5.41) is 4.46. The second kappa shape index (κ2) is 8.91. The first-order chi connectivity index (χ1) is 17.9. The molecule has 0 fully saturated rings. The minimum Gasteiger partial charge on any atom is -0.350 e. The molecule has 1 aliphatic rings. The van der Waals surface area contributed by atoms with E-state index in [9.17, 15) is 9.59 Å². The molecular formula is C31H28N4O2. The van der Waals surface area contributed by atoms with Crippen molar-refractivity contribution in [2.45, 2.75) is 13.1 Å². The minimum atomic E-state index is -0.358. The number of nitrogens with one attached hydrogen (secondary N) is 1. The van der Waals surface area contributed by atoms with Crippen LogP contribution in [-0.4, -0.2) is 39.9 Å². The molecular weight excluding hydrogens is 460 g/mol. The normalized spacial score (nSPS) is 13.9. The van der Waals surface area contributed by atoms with Gasteiger partial charge in [0.25, 0.3) is 11.8 Å². The van der Waals surface area contributed by atoms with Gasteiger partial charge >= 0.3 is 0 Å². The van der Waals surface area contributed by atoms with E-state index in [4.69, 9.17) is 0 Å². The average molecular weight is 489 g/mol. The molecule has 0 saturated heterocycles. The number of carbonyl (C=O) groups excluding carboxylic acids is 2. The van der Waals surface area contributed by atoms with Crippen molar-refractivity contribution < 1.29 is 9.59 Å². The van der Waals surface area contributed by atoms with Crippen LogP contribution >= 0.6 is 0 Å². The highest BCUT2D eigenvalue weighted by atomic mass is 16.2. The van der Waals surface area contributed by atoms with Gasteiger partial charge in [0, 0.05) is 65.5 Å². The Hall–Kier alpha value is -4.42. The summed E-state index contributed by atoms with van der Waals surface area (Å²) in [5.41, 5.74) is 6.86. The molecule has 1 N–H and O–H groups in total. The molecule has 5 aromatic rings. The van der Waals surface area contributed by atoms with Crippen LogP contribution in [0.15, 0.2) is 85.2 Å². The monoisotopic (exact) mass is 488 g/mol. The second-order valence-corrected chi connectivity index (χ2v) is 9.95. The molecule has 2 amide bonds. The zero-order chi connectivity index (χ0) is 25.7. The Balaban J connectivity index is 1.52. The van der Waals surface area contributed by atoms with Gasteiger partial charge < -0.3 is 14.0 Å². The quantitative estimate of drug-likeness (QED) is 0.349. The highest BCUT2D eigenvalue weighted by Gasteiger charge is 2.35. The van der Waals surface area contributed by atoms with Crippen LogP contribution in [0.5, 0.6) is 0 Å². The molecule has 3 heterocycles. The maximum absolute atomic E-state index is 13.3. The second-order valence-electron chi connectivity index (χ2n) is 9.95. The Morgan fingerprint density at radius 3 is 2.03 bits per heavy atom. The maximum atomic E-state index is 13.3. The fourth-order valence-corrected chi connectivity index (χ4v) is 5.48. The van der Waals surface area contributed by atoms with Crippen LogP contribution in [0.3, 0.4) is 0 Å². The molecule has 0 bridgehead atoms. The van der Waals surface area contributed by atoms with Crippen molar-refractivity contribution in [1.82, 2.24) is 19.4 Å². The number of rotatable bonds is 6. The largest absolute Gasteiger partial charge is 0.350 e. The molecule has 0 aliphatic carbocycles. The van der Waals surface area contributed by atoms with Crippen LogP contribution < -0.4 is 5.32 Å². The van der Waals surface area contributed by atoms with Crippen molar-refractivity contribution in [2.24, 2.45) is 7.05 Å². The minimum absolute atomic E-state index is 0.357. The summed E-state index contributed by atoms with van der Waals surface area (Å²) in [4.78, 5) is 28.6. The van der Waals surface area contributed by atoms with Crippen molar-refractivity contribution in [3.63, 3.8) is 0 Å². The molecule has 0 spiro atoms. The van der Waals surface area contributed by atoms with Crippen molar-refractivity contribution in [1.29, 1.82) is 0 Å². The first kappa shape index (κ1) is 23.0. The van der Waals surface area contributed by atoms with Crippen molar-refractivity contribution >= 4 is 44.8 Å². The van der Waals surface area contributed by atoms with Crippen LogP contribution in [0.4, 0.5) is 0 Å². The van der Waals surface area contributed by atoms with E-state index in [1.54, 1.807) is 0 Å². The molecule has 0 atom stereocenters. The number of para-hydroxylation sites is 2. The summed E-state index contributed by atoms with van der Waals surface area (Å²) in [6.07, 6.45) is 3.95. The van der Waals surface area contributed by atoms with Crippen LogP contribution in [0, 0.1) is 0 Å². The Kier molecular flexibility index (Phi) is 5.54. The van der Waals surface area contributed by atoms with Gasteiger partial charge in [0.1, 0.15) is 0 Å². The van der Waals surface area contributed by atoms with Gasteiger partial charge in [0.05, 0.1) is 11.1 Å². The number of nitrogens with zero attached hydrogens (tertiary/aromatic N) is 3. The van der Waals surface area contributed by atoms with E-state index < -0.39 is 0 Å². The maximum Gasteiger partial charge on any atom is 0.259 e. The third-order valence-corrected chi connectivity index (χ3v) is 7.00. The topological polar surface area (TPSA) is 59.3 Å². The summed E-state index contributed by atoms with van der Waals surface area (Å²) in [6.45, 7) is 1.53. The van der Waals surface area contributed by atoms with Crippen LogP contribution in [-0.2, 0) is 29.7 Å². The lowest BCUT2D eigenvalue weighted by Crippen LogP contribution is -2.22. The molecule has 184 valence electrons. The summed E-state index contributed by atoms with van der Waals surface area (Å²) in [5.74, 6) is -0.714. The van der Waals surface area contributed by atoms with E-state index in [0.29, 0.717) is 17.7 Å². The highest BCUT2D eigenvalue weighted by Crippen LogP contribution is 2.38. The molecule has 0 unspecified atom stereocenters. The summed E-state index contributed by atoms with van der Waals surface area (Å²) in [7, 11) is 6.08. The van der Waals surface area contributed by atoms with Gasteiger partial charge in [-0.1, -0.05) is 60.7 Å². The van der Waals surface area contributed by atoms with Gasteiger partial charge in [-0.25, -0.2) is 0 Å². The number of hydrogen-bond acceptors (Lipinski definition) is 3. The smallest absolute Gasteiger partial charge is 0.259 e. The number of amides is 2. The van der Waals surface area contributed by atoms with E-state index in [1.165, 1.54) is 11.1 Å². The molecule has 0 radical (unpaired) electrons. The zero-order valence-electron chi connectivity index (χ0n) is 21.2. The third-order valence-electron chi connectivity index (χ3n) is 7.00.